The summed E-state index contributed by atoms with van der Waals surface area (Å²) in [7, 11) is 2.61. The Morgan fingerprint density at radius 1 is 1.53 bits per heavy atom. The number of hydrogen-bond donors (Lipinski definition) is 3. The van der Waals surface area contributed by atoms with Crippen LogP contribution in [0.2, 0.25) is 0 Å². The number of esters is 1. The van der Waals surface area contributed by atoms with Crippen LogP contribution in [0.4, 0.5) is 5.95 Å². The van der Waals surface area contributed by atoms with E-state index in [1.807, 2.05) is 0 Å². The number of anilines is 1. The van der Waals surface area contributed by atoms with E-state index in [1.165, 1.54) is 14.2 Å². The number of nitrogens with one attached hydrogen (secondary N) is 2. The molecule has 1 atom stereocenters. The molecule has 9 heteroatoms. The van der Waals surface area contributed by atoms with Gasteiger partial charge in [0.05, 0.1) is 13.7 Å². The van der Waals surface area contributed by atoms with Crippen LogP contribution < -0.4 is 11.1 Å². The van der Waals surface area contributed by atoms with Gasteiger partial charge in [0, 0.05) is 7.11 Å². The van der Waals surface area contributed by atoms with Gasteiger partial charge in [-0.05, 0) is 0 Å². The molecule has 1 aromatic heterocycles. The molecule has 0 aliphatic rings. The highest BCUT2D eigenvalue weighted by molar-refractivity contribution is 5.93. The zero-order valence-electron chi connectivity index (χ0n) is 9.39. The zero-order chi connectivity index (χ0) is 12.8. The Balaban J connectivity index is 2.67. The van der Waals surface area contributed by atoms with Gasteiger partial charge in [0.25, 0.3) is 5.91 Å². The summed E-state index contributed by atoms with van der Waals surface area (Å²) >= 11 is 0. The number of nitrogen functional groups attached to an aromatic ring is 1. The fraction of sp³-hybridized carbons (Fsp3) is 0.500. The maximum atomic E-state index is 11.6. The topological polar surface area (TPSA) is 132 Å². The second-order valence-electron chi connectivity index (χ2n) is 3.05. The normalized spacial score (nSPS) is 11.9. The third kappa shape index (κ3) is 3.41. The maximum Gasteiger partial charge on any atom is 0.330 e. The summed E-state index contributed by atoms with van der Waals surface area (Å²) in [5.74, 6) is -1.39. The fourth-order valence-electron chi connectivity index (χ4n) is 1.08. The Labute approximate surface area is 96.7 Å². The quantitative estimate of drug-likeness (QED) is 0.525. The van der Waals surface area contributed by atoms with E-state index in [9.17, 15) is 9.59 Å². The number of carbonyl (C=O) groups is 2. The lowest BCUT2D eigenvalue weighted by Gasteiger charge is -2.14. The van der Waals surface area contributed by atoms with Crippen LogP contribution in [0, 0.1) is 0 Å². The van der Waals surface area contributed by atoms with Crippen LogP contribution in [-0.4, -0.2) is 53.9 Å². The van der Waals surface area contributed by atoms with Crippen LogP contribution in [0.25, 0.3) is 0 Å². The van der Waals surface area contributed by atoms with Crippen molar-refractivity contribution >= 4 is 17.8 Å². The molecule has 94 valence electrons. The number of amides is 1. The van der Waals surface area contributed by atoms with Crippen molar-refractivity contribution in [2.75, 3.05) is 26.6 Å². The summed E-state index contributed by atoms with van der Waals surface area (Å²) in [6.45, 7) is -0.0119. The minimum atomic E-state index is -0.913. The van der Waals surface area contributed by atoms with Gasteiger partial charge in [-0.25, -0.2) is 4.79 Å². The molecule has 0 aromatic carbocycles. The van der Waals surface area contributed by atoms with Crippen LogP contribution in [0.15, 0.2) is 0 Å². The SMILES string of the molecule is COCC(NC(=O)c1nc(N)n[nH]1)C(=O)OC. The molecule has 0 aliphatic heterocycles. The summed E-state index contributed by atoms with van der Waals surface area (Å²) in [6, 6.07) is -0.913. The predicted molar refractivity (Wildman–Crippen MR) is 55.9 cm³/mol. The van der Waals surface area contributed by atoms with Gasteiger partial charge in [-0.15, -0.1) is 5.10 Å². The highest BCUT2D eigenvalue weighted by Gasteiger charge is 2.23. The molecule has 1 unspecified atom stereocenters. The summed E-state index contributed by atoms with van der Waals surface area (Å²) in [6.07, 6.45) is 0. The molecule has 1 rings (SSSR count). The Hall–Kier alpha value is -2.16. The third-order valence-electron chi connectivity index (χ3n) is 1.84. The van der Waals surface area contributed by atoms with E-state index in [0.29, 0.717) is 0 Å². The van der Waals surface area contributed by atoms with Gasteiger partial charge in [0.2, 0.25) is 11.8 Å². The maximum absolute atomic E-state index is 11.6. The predicted octanol–water partition coefficient (Wildman–Crippen LogP) is -1.70. The molecule has 0 radical (unpaired) electrons. The molecule has 9 nitrogen and oxygen atoms in total. The Kier molecular flexibility index (Phi) is 4.40. The molecule has 0 saturated carbocycles. The number of methoxy groups -OCH3 is 2. The number of aromatic amines is 1. The standard InChI is InChI=1S/C8H13N5O4/c1-16-3-4(7(15)17-2)10-6(14)5-11-8(9)13-12-5/h4H,3H2,1-2H3,(H,10,14)(H3,9,11,12,13). The number of carbonyl (C=O) groups excluding carboxylic acids is 2. The molecule has 4 N–H and O–H groups in total. The van der Waals surface area contributed by atoms with Crippen molar-refractivity contribution in [1.82, 2.24) is 20.5 Å². The van der Waals surface area contributed by atoms with Crippen LogP contribution in [0.3, 0.4) is 0 Å². The van der Waals surface area contributed by atoms with E-state index in [4.69, 9.17) is 10.5 Å². The Bertz CT molecular complexity index is 404. The number of nitrogens with zero attached hydrogens (tertiary/aromatic N) is 2. The number of aromatic nitrogens is 3. The van der Waals surface area contributed by atoms with E-state index < -0.39 is 17.9 Å². The van der Waals surface area contributed by atoms with Gasteiger partial charge in [-0.2, -0.15) is 4.98 Å². The Morgan fingerprint density at radius 3 is 2.71 bits per heavy atom. The second kappa shape index (κ2) is 5.80. The van der Waals surface area contributed by atoms with E-state index >= 15 is 0 Å². The van der Waals surface area contributed by atoms with E-state index in [-0.39, 0.29) is 18.4 Å². The van der Waals surface area contributed by atoms with Crippen molar-refractivity contribution in [3.63, 3.8) is 0 Å². The number of ether oxygens (including phenoxy) is 2. The molecule has 17 heavy (non-hydrogen) atoms. The first-order valence-electron chi connectivity index (χ1n) is 4.64. The molecule has 0 fully saturated rings. The lowest BCUT2D eigenvalue weighted by atomic mass is 10.3. The lowest BCUT2D eigenvalue weighted by molar-refractivity contribution is -0.144. The number of hydrogen-bond acceptors (Lipinski definition) is 7. The smallest absolute Gasteiger partial charge is 0.330 e. The zero-order valence-corrected chi connectivity index (χ0v) is 9.39. The van der Waals surface area contributed by atoms with Crippen molar-refractivity contribution in [1.29, 1.82) is 0 Å². The van der Waals surface area contributed by atoms with Crippen LogP contribution >= 0.6 is 0 Å². The summed E-state index contributed by atoms with van der Waals surface area (Å²) < 4.78 is 9.28. The highest BCUT2D eigenvalue weighted by Crippen LogP contribution is 1.96. The highest BCUT2D eigenvalue weighted by atomic mass is 16.5. The molecule has 0 spiro atoms. The van der Waals surface area contributed by atoms with Gasteiger partial charge in [0.15, 0.2) is 6.04 Å². The summed E-state index contributed by atoms with van der Waals surface area (Å²) in [4.78, 5) is 26.5. The summed E-state index contributed by atoms with van der Waals surface area (Å²) in [5.41, 5.74) is 5.24. The molecular weight excluding hydrogens is 230 g/mol. The molecule has 0 saturated heterocycles. The summed E-state index contributed by atoms with van der Waals surface area (Å²) in [5, 5.41) is 8.18. The van der Waals surface area contributed by atoms with Crippen molar-refractivity contribution in [3.8, 4) is 0 Å². The largest absolute Gasteiger partial charge is 0.467 e. The number of nitrogens with two attached hydrogens (primary N) is 1. The molecule has 0 bridgehead atoms. The lowest BCUT2D eigenvalue weighted by Crippen LogP contribution is -2.44. The van der Waals surface area contributed by atoms with Crippen LogP contribution in [-0.2, 0) is 14.3 Å². The average Bonchev–Trinajstić information content (AvgIpc) is 2.74. The first-order chi connectivity index (χ1) is 8.08. The van der Waals surface area contributed by atoms with E-state index in [2.05, 4.69) is 25.2 Å². The molecule has 1 heterocycles. The average molecular weight is 243 g/mol. The molecule has 0 aliphatic carbocycles. The monoisotopic (exact) mass is 243 g/mol. The van der Waals surface area contributed by atoms with E-state index in [0.717, 1.165) is 0 Å². The minimum Gasteiger partial charge on any atom is -0.467 e. The van der Waals surface area contributed by atoms with Gasteiger partial charge < -0.3 is 20.5 Å². The van der Waals surface area contributed by atoms with Gasteiger partial charge in [-0.3, -0.25) is 9.89 Å². The Morgan fingerprint density at radius 2 is 2.24 bits per heavy atom. The minimum absolute atomic E-state index is 0.0119. The molecule has 1 aromatic rings. The molecule has 1 amide bonds. The van der Waals surface area contributed by atoms with E-state index in [1.54, 1.807) is 0 Å². The number of rotatable bonds is 5. The van der Waals surface area contributed by atoms with Gasteiger partial charge in [-0.1, -0.05) is 0 Å². The van der Waals surface area contributed by atoms with Gasteiger partial charge in [0.1, 0.15) is 0 Å². The van der Waals surface area contributed by atoms with Crippen molar-refractivity contribution in [2.24, 2.45) is 0 Å². The first-order valence-corrected chi connectivity index (χ1v) is 4.64. The fourth-order valence-corrected chi connectivity index (χ4v) is 1.08. The second-order valence-corrected chi connectivity index (χ2v) is 3.05. The van der Waals surface area contributed by atoms with Crippen molar-refractivity contribution in [2.45, 2.75) is 6.04 Å². The first kappa shape index (κ1) is 12.9. The van der Waals surface area contributed by atoms with Crippen LogP contribution in [0.5, 0.6) is 0 Å². The third-order valence-corrected chi connectivity index (χ3v) is 1.84. The number of H-pyrrole nitrogens is 1. The van der Waals surface area contributed by atoms with Crippen LogP contribution in [0.1, 0.15) is 10.6 Å². The van der Waals surface area contributed by atoms with Crippen molar-refractivity contribution in [3.05, 3.63) is 5.82 Å². The molecular formula is C8H13N5O4. The van der Waals surface area contributed by atoms with Gasteiger partial charge >= 0.3 is 5.97 Å². The van der Waals surface area contributed by atoms with Crippen molar-refractivity contribution < 1.29 is 19.1 Å².